The van der Waals surface area contributed by atoms with Gasteiger partial charge in [0.15, 0.2) is 0 Å². The highest BCUT2D eigenvalue weighted by molar-refractivity contribution is 9.10. The van der Waals surface area contributed by atoms with Gasteiger partial charge >= 0.3 is 0 Å². The average Bonchev–Trinajstić information content (AvgIpc) is 2.54. The number of piperazine rings is 1. The first-order valence-corrected chi connectivity index (χ1v) is 8.72. The van der Waals surface area contributed by atoms with Crippen molar-refractivity contribution in [2.24, 2.45) is 0 Å². The Bertz CT molecular complexity index is 716. The highest BCUT2D eigenvalue weighted by Crippen LogP contribution is 2.23. The van der Waals surface area contributed by atoms with Gasteiger partial charge in [-0.1, -0.05) is 34.1 Å². The van der Waals surface area contributed by atoms with Crippen LogP contribution in [-0.2, 0) is 0 Å². The summed E-state index contributed by atoms with van der Waals surface area (Å²) in [5.74, 6) is 0.113. The van der Waals surface area contributed by atoms with Crippen molar-refractivity contribution in [2.75, 3.05) is 24.5 Å². The summed E-state index contributed by atoms with van der Waals surface area (Å²) in [6, 6.07) is 16.5. The Balaban J connectivity index is 1.72. The standard InChI is InChI=1S/C19H21BrN2O/c1-14-5-3-8-18(11-14)22-10-9-21(13-15(22)2)19(23)16-6-4-7-17(20)12-16/h3-8,11-12,15H,9-10,13H2,1-2H3. The van der Waals surface area contributed by atoms with Crippen molar-refractivity contribution >= 4 is 27.5 Å². The van der Waals surface area contributed by atoms with E-state index >= 15 is 0 Å². The van der Waals surface area contributed by atoms with Gasteiger partial charge in [-0.05, 0) is 49.7 Å². The van der Waals surface area contributed by atoms with Crippen LogP contribution < -0.4 is 4.90 Å². The van der Waals surface area contributed by atoms with Gasteiger partial charge < -0.3 is 9.80 Å². The molecule has 2 aromatic carbocycles. The molecule has 0 N–H and O–H groups in total. The topological polar surface area (TPSA) is 23.6 Å². The van der Waals surface area contributed by atoms with Gasteiger partial charge in [-0.15, -0.1) is 0 Å². The maximum Gasteiger partial charge on any atom is 0.254 e. The lowest BCUT2D eigenvalue weighted by Gasteiger charge is -2.41. The van der Waals surface area contributed by atoms with Gasteiger partial charge in [0.05, 0.1) is 0 Å². The summed E-state index contributed by atoms with van der Waals surface area (Å²) in [6.07, 6.45) is 0. The second kappa shape index (κ2) is 6.75. The van der Waals surface area contributed by atoms with Gasteiger partial charge in [0.2, 0.25) is 0 Å². The van der Waals surface area contributed by atoms with E-state index in [-0.39, 0.29) is 5.91 Å². The van der Waals surface area contributed by atoms with Crippen LogP contribution in [0.25, 0.3) is 0 Å². The summed E-state index contributed by atoms with van der Waals surface area (Å²) < 4.78 is 0.940. The minimum Gasteiger partial charge on any atom is -0.365 e. The van der Waals surface area contributed by atoms with Crippen molar-refractivity contribution in [3.05, 3.63) is 64.1 Å². The van der Waals surface area contributed by atoms with Crippen LogP contribution in [0.3, 0.4) is 0 Å². The summed E-state index contributed by atoms with van der Waals surface area (Å²) in [6.45, 7) is 6.66. The van der Waals surface area contributed by atoms with E-state index in [1.807, 2.05) is 29.2 Å². The zero-order chi connectivity index (χ0) is 16.4. The molecule has 3 rings (SSSR count). The Morgan fingerprint density at radius 1 is 1.13 bits per heavy atom. The van der Waals surface area contributed by atoms with E-state index in [2.05, 4.69) is 58.9 Å². The maximum absolute atomic E-state index is 12.7. The van der Waals surface area contributed by atoms with Crippen LogP contribution in [0.1, 0.15) is 22.8 Å². The summed E-state index contributed by atoms with van der Waals surface area (Å²) >= 11 is 3.43. The molecular formula is C19H21BrN2O. The fourth-order valence-corrected chi connectivity index (χ4v) is 3.54. The number of amides is 1. The molecule has 0 bridgehead atoms. The number of nitrogens with zero attached hydrogens (tertiary/aromatic N) is 2. The largest absolute Gasteiger partial charge is 0.365 e. The van der Waals surface area contributed by atoms with Gasteiger partial charge in [-0.3, -0.25) is 4.79 Å². The number of rotatable bonds is 2. The minimum atomic E-state index is 0.113. The molecule has 1 heterocycles. The molecule has 0 aromatic heterocycles. The molecule has 23 heavy (non-hydrogen) atoms. The summed E-state index contributed by atoms with van der Waals surface area (Å²) in [5, 5.41) is 0. The quantitative estimate of drug-likeness (QED) is 0.791. The Kier molecular flexibility index (Phi) is 4.71. The van der Waals surface area contributed by atoms with Crippen molar-refractivity contribution in [1.82, 2.24) is 4.90 Å². The van der Waals surface area contributed by atoms with Crippen LogP contribution in [-0.4, -0.2) is 36.5 Å². The minimum absolute atomic E-state index is 0.113. The van der Waals surface area contributed by atoms with Gasteiger partial charge in [-0.25, -0.2) is 0 Å². The Labute approximate surface area is 146 Å². The third-order valence-electron chi connectivity index (χ3n) is 4.32. The monoisotopic (exact) mass is 372 g/mol. The lowest BCUT2D eigenvalue weighted by molar-refractivity contribution is 0.0726. The number of anilines is 1. The van der Waals surface area contributed by atoms with Crippen molar-refractivity contribution in [3.8, 4) is 0 Å². The molecule has 1 aliphatic heterocycles. The summed E-state index contributed by atoms with van der Waals surface area (Å²) in [5.41, 5.74) is 3.25. The molecular weight excluding hydrogens is 352 g/mol. The van der Waals surface area contributed by atoms with Crippen molar-refractivity contribution < 1.29 is 4.79 Å². The molecule has 3 nitrogen and oxygen atoms in total. The smallest absolute Gasteiger partial charge is 0.254 e. The van der Waals surface area contributed by atoms with Crippen LogP contribution >= 0.6 is 15.9 Å². The second-order valence-corrected chi connectivity index (χ2v) is 7.06. The normalized spacial score (nSPS) is 18.1. The fourth-order valence-electron chi connectivity index (χ4n) is 3.14. The lowest BCUT2D eigenvalue weighted by atomic mass is 10.1. The van der Waals surface area contributed by atoms with E-state index in [1.54, 1.807) is 0 Å². The molecule has 4 heteroatoms. The van der Waals surface area contributed by atoms with Crippen LogP contribution in [0.4, 0.5) is 5.69 Å². The van der Waals surface area contributed by atoms with Crippen molar-refractivity contribution in [1.29, 1.82) is 0 Å². The van der Waals surface area contributed by atoms with E-state index in [0.717, 1.165) is 29.7 Å². The maximum atomic E-state index is 12.7. The third kappa shape index (κ3) is 3.58. The highest BCUT2D eigenvalue weighted by Gasteiger charge is 2.27. The third-order valence-corrected chi connectivity index (χ3v) is 4.81. The van der Waals surface area contributed by atoms with E-state index in [9.17, 15) is 4.79 Å². The number of hydrogen-bond acceptors (Lipinski definition) is 2. The molecule has 2 aromatic rings. The number of hydrogen-bond donors (Lipinski definition) is 0. The zero-order valence-corrected chi connectivity index (χ0v) is 15.1. The number of carbonyl (C=O) groups is 1. The van der Waals surface area contributed by atoms with Crippen LogP contribution in [0.2, 0.25) is 0 Å². The molecule has 120 valence electrons. The Morgan fingerprint density at radius 3 is 2.61 bits per heavy atom. The van der Waals surface area contributed by atoms with E-state index < -0.39 is 0 Å². The molecule has 0 aliphatic carbocycles. The second-order valence-electron chi connectivity index (χ2n) is 6.14. The lowest BCUT2D eigenvalue weighted by Crippen LogP contribution is -2.53. The SMILES string of the molecule is Cc1cccc(N2CCN(C(=O)c3cccc(Br)c3)CC2C)c1. The first-order chi connectivity index (χ1) is 11.0. The number of halogens is 1. The molecule has 1 aliphatic rings. The highest BCUT2D eigenvalue weighted by atomic mass is 79.9. The number of benzene rings is 2. The summed E-state index contributed by atoms with van der Waals surface area (Å²) in [7, 11) is 0. The molecule has 0 spiro atoms. The zero-order valence-electron chi connectivity index (χ0n) is 13.5. The van der Waals surface area contributed by atoms with E-state index in [4.69, 9.17) is 0 Å². The van der Waals surface area contributed by atoms with Gasteiger partial charge in [0.1, 0.15) is 0 Å². The number of aryl methyl sites for hydroxylation is 1. The fraction of sp³-hybridized carbons (Fsp3) is 0.316. The van der Waals surface area contributed by atoms with E-state index in [1.165, 1.54) is 11.3 Å². The van der Waals surface area contributed by atoms with Crippen LogP contribution in [0.5, 0.6) is 0 Å². The molecule has 1 fully saturated rings. The average molecular weight is 373 g/mol. The van der Waals surface area contributed by atoms with Crippen molar-refractivity contribution in [3.63, 3.8) is 0 Å². The van der Waals surface area contributed by atoms with Crippen molar-refractivity contribution in [2.45, 2.75) is 19.9 Å². The van der Waals surface area contributed by atoms with Gasteiger partial charge in [-0.2, -0.15) is 0 Å². The first-order valence-electron chi connectivity index (χ1n) is 7.93. The Hall–Kier alpha value is -1.81. The van der Waals surface area contributed by atoms with Gasteiger partial charge in [0, 0.05) is 41.4 Å². The van der Waals surface area contributed by atoms with Gasteiger partial charge in [0.25, 0.3) is 5.91 Å². The predicted molar refractivity (Wildman–Crippen MR) is 98.0 cm³/mol. The predicted octanol–water partition coefficient (Wildman–Crippen LogP) is 4.11. The molecule has 0 saturated carbocycles. The Morgan fingerprint density at radius 2 is 1.91 bits per heavy atom. The number of carbonyl (C=O) groups excluding carboxylic acids is 1. The van der Waals surface area contributed by atoms with E-state index in [0.29, 0.717) is 6.04 Å². The molecule has 1 atom stereocenters. The molecule has 1 amide bonds. The molecule has 0 radical (unpaired) electrons. The van der Waals surface area contributed by atoms with Crippen LogP contribution in [0, 0.1) is 6.92 Å². The molecule has 1 saturated heterocycles. The summed E-state index contributed by atoms with van der Waals surface area (Å²) in [4.78, 5) is 17.0. The molecule has 1 unspecified atom stereocenters. The first kappa shape index (κ1) is 16.1. The van der Waals surface area contributed by atoms with Crippen LogP contribution in [0.15, 0.2) is 53.0 Å².